The number of carbonyl (C=O) groups excluding carboxylic acids is 3. The van der Waals surface area contributed by atoms with Gasteiger partial charge in [-0.3, -0.25) is 30.0 Å². The SMILES string of the molecule is O=C(NNC(=O)c1cn2c(c(O)c1=O)C(=O)N1CCCOC1C2)c1ccc(F)cc1. The lowest BCUT2D eigenvalue weighted by molar-refractivity contribution is -0.0920. The molecule has 4 rings (SSSR count). The van der Waals surface area contributed by atoms with E-state index in [1.54, 1.807) is 0 Å². The fourth-order valence-electron chi connectivity index (χ4n) is 3.41. The first-order valence-corrected chi connectivity index (χ1v) is 9.12. The summed E-state index contributed by atoms with van der Waals surface area (Å²) in [4.78, 5) is 51.0. The van der Waals surface area contributed by atoms with Crippen LogP contribution < -0.4 is 16.3 Å². The molecule has 0 bridgehead atoms. The number of aromatic nitrogens is 1. The van der Waals surface area contributed by atoms with Crippen molar-refractivity contribution in [3.8, 4) is 5.75 Å². The number of benzene rings is 1. The van der Waals surface area contributed by atoms with Crippen LogP contribution in [0, 0.1) is 5.82 Å². The molecule has 11 heteroatoms. The minimum atomic E-state index is -1.04. The van der Waals surface area contributed by atoms with Crippen molar-refractivity contribution in [1.29, 1.82) is 0 Å². The number of rotatable bonds is 2. The van der Waals surface area contributed by atoms with Gasteiger partial charge in [0, 0.05) is 18.3 Å². The summed E-state index contributed by atoms with van der Waals surface area (Å²) in [5.41, 5.74) is 2.54. The van der Waals surface area contributed by atoms with E-state index in [0.29, 0.717) is 19.6 Å². The van der Waals surface area contributed by atoms with Crippen LogP contribution in [-0.4, -0.2) is 51.7 Å². The van der Waals surface area contributed by atoms with Gasteiger partial charge >= 0.3 is 0 Å². The number of hydrazine groups is 1. The maximum absolute atomic E-state index is 12.9. The molecular formula is C19H17FN4O6. The molecule has 1 unspecified atom stereocenters. The standard InChI is InChI=1S/C19H17FN4O6/c20-11-4-2-10(3-5-11)17(27)21-22-18(28)12-8-23-9-13-24(6-1-7-30-13)19(29)14(23)16(26)15(12)25/h2-5,8,13,26H,1,6-7,9H2,(H,21,27)(H,22,28). The number of hydrogen-bond donors (Lipinski definition) is 3. The molecule has 30 heavy (non-hydrogen) atoms. The molecule has 3 heterocycles. The van der Waals surface area contributed by atoms with E-state index >= 15 is 0 Å². The minimum absolute atomic E-state index is 0.0850. The third-order valence-corrected chi connectivity index (χ3v) is 4.91. The predicted octanol–water partition coefficient (Wildman–Crippen LogP) is -0.0300. The largest absolute Gasteiger partial charge is 0.503 e. The van der Waals surface area contributed by atoms with Crippen molar-refractivity contribution in [2.24, 2.45) is 0 Å². The van der Waals surface area contributed by atoms with E-state index in [9.17, 15) is 28.7 Å². The Kier molecular flexibility index (Phi) is 4.96. The van der Waals surface area contributed by atoms with Crippen LogP contribution in [0.5, 0.6) is 5.75 Å². The predicted molar refractivity (Wildman–Crippen MR) is 99.1 cm³/mol. The molecule has 2 aromatic rings. The number of hydrogen-bond acceptors (Lipinski definition) is 6. The molecule has 1 saturated heterocycles. The van der Waals surface area contributed by atoms with E-state index in [2.05, 4.69) is 10.9 Å². The summed E-state index contributed by atoms with van der Waals surface area (Å²) in [5.74, 6) is -3.64. The molecule has 1 fully saturated rings. The number of fused-ring (bicyclic) bond motifs is 2. The van der Waals surface area contributed by atoms with Gasteiger partial charge in [-0.2, -0.15) is 0 Å². The van der Waals surface area contributed by atoms with E-state index in [1.165, 1.54) is 21.6 Å². The zero-order valence-electron chi connectivity index (χ0n) is 15.6. The first-order chi connectivity index (χ1) is 14.4. The molecule has 0 radical (unpaired) electrons. The molecule has 1 aromatic heterocycles. The maximum Gasteiger partial charge on any atom is 0.276 e. The number of aromatic hydroxyl groups is 1. The van der Waals surface area contributed by atoms with Crippen LogP contribution in [0.2, 0.25) is 0 Å². The summed E-state index contributed by atoms with van der Waals surface area (Å²) >= 11 is 0. The van der Waals surface area contributed by atoms with Crippen LogP contribution in [0.1, 0.15) is 37.6 Å². The molecule has 0 saturated carbocycles. The second-order valence-corrected chi connectivity index (χ2v) is 6.81. The Morgan fingerprint density at radius 3 is 2.57 bits per heavy atom. The zero-order valence-corrected chi connectivity index (χ0v) is 15.6. The highest BCUT2D eigenvalue weighted by atomic mass is 19.1. The van der Waals surface area contributed by atoms with Crippen molar-refractivity contribution >= 4 is 17.7 Å². The van der Waals surface area contributed by atoms with Gasteiger partial charge in [0.1, 0.15) is 11.4 Å². The highest BCUT2D eigenvalue weighted by Gasteiger charge is 2.38. The van der Waals surface area contributed by atoms with Crippen LogP contribution in [0.3, 0.4) is 0 Å². The highest BCUT2D eigenvalue weighted by molar-refractivity contribution is 6.01. The van der Waals surface area contributed by atoms with Gasteiger partial charge in [-0.05, 0) is 30.7 Å². The molecule has 1 aromatic carbocycles. The van der Waals surface area contributed by atoms with Gasteiger partial charge < -0.3 is 19.3 Å². The summed E-state index contributed by atoms with van der Waals surface area (Å²) in [6.07, 6.45) is 1.22. The quantitative estimate of drug-likeness (QED) is 0.590. The third-order valence-electron chi connectivity index (χ3n) is 4.91. The number of halogens is 1. The summed E-state index contributed by atoms with van der Waals surface area (Å²) < 4.78 is 19.8. The zero-order chi connectivity index (χ0) is 21.4. The molecule has 3 amide bonds. The van der Waals surface area contributed by atoms with Crippen LogP contribution in [0.25, 0.3) is 0 Å². The number of nitrogens with zero attached hydrogens (tertiary/aromatic N) is 2. The lowest BCUT2D eigenvalue weighted by Gasteiger charge is -2.40. The maximum atomic E-state index is 12.9. The van der Waals surface area contributed by atoms with Gasteiger partial charge in [-0.25, -0.2) is 4.39 Å². The van der Waals surface area contributed by atoms with E-state index in [4.69, 9.17) is 4.74 Å². The molecule has 2 aliphatic rings. The molecule has 156 valence electrons. The first kappa shape index (κ1) is 19.6. The fourth-order valence-corrected chi connectivity index (χ4v) is 3.41. The Balaban J connectivity index is 1.56. The van der Waals surface area contributed by atoms with Crippen LogP contribution in [-0.2, 0) is 11.3 Å². The topological polar surface area (TPSA) is 130 Å². The molecular weight excluding hydrogens is 399 g/mol. The van der Waals surface area contributed by atoms with Crippen molar-refractivity contribution in [2.45, 2.75) is 19.2 Å². The van der Waals surface area contributed by atoms with Gasteiger partial charge in [0.2, 0.25) is 5.43 Å². The Morgan fingerprint density at radius 2 is 1.83 bits per heavy atom. The normalized spacial score (nSPS) is 17.7. The van der Waals surface area contributed by atoms with Crippen LogP contribution >= 0.6 is 0 Å². The van der Waals surface area contributed by atoms with Crippen molar-refractivity contribution in [2.75, 3.05) is 13.2 Å². The average molecular weight is 416 g/mol. The average Bonchev–Trinajstić information content (AvgIpc) is 2.74. The van der Waals surface area contributed by atoms with E-state index in [1.807, 2.05) is 0 Å². The Bertz CT molecular complexity index is 1100. The van der Waals surface area contributed by atoms with E-state index in [-0.39, 0.29) is 17.8 Å². The molecule has 1 atom stereocenters. The Hall–Kier alpha value is -3.73. The number of ether oxygens (including phenoxy) is 1. The second-order valence-electron chi connectivity index (χ2n) is 6.81. The lowest BCUT2D eigenvalue weighted by Crippen LogP contribution is -2.53. The van der Waals surface area contributed by atoms with Crippen molar-refractivity contribution in [3.05, 3.63) is 63.3 Å². The molecule has 0 spiro atoms. The smallest absolute Gasteiger partial charge is 0.276 e. The second kappa shape index (κ2) is 7.59. The summed E-state index contributed by atoms with van der Waals surface area (Å²) in [6.45, 7) is 1.05. The van der Waals surface area contributed by atoms with Gasteiger partial charge in [-0.1, -0.05) is 0 Å². The van der Waals surface area contributed by atoms with E-state index < -0.39 is 46.5 Å². The van der Waals surface area contributed by atoms with Crippen molar-refractivity contribution in [1.82, 2.24) is 20.3 Å². The Morgan fingerprint density at radius 1 is 1.13 bits per heavy atom. The van der Waals surface area contributed by atoms with Crippen LogP contribution in [0.15, 0.2) is 35.3 Å². The summed E-state index contributed by atoms with van der Waals surface area (Å²) in [5, 5.41) is 10.3. The Labute approximate surface area is 168 Å². The number of pyridine rings is 1. The van der Waals surface area contributed by atoms with Crippen LogP contribution in [0.4, 0.5) is 4.39 Å². The number of amides is 3. The number of carbonyl (C=O) groups is 3. The number of nitrogens with one attached hydrogen (secondary N) is 2. The van der Waals surface area contributed by atoms with E-state index in [0.717, 1.165) is 18.3 Å². The monoisotopic (exact) mass is 416 g/mol. The van der Waals surface area contributed by atoms with Gasteiger partial charge in [0.15, 0.2) is 17.7 Å². The molecule has 10 nitrogen and oxygen atoms in total. The van der Waals surface area contributed by atoms with Gasteiger partial charge in [0.25, 0.3) is 17.7 Å². The van der Waals surface area contributed by atoms with Crippen molar-refractivity contribution in [3.63, 3.8) is 0 Å². The first-order valence-electron chi connectivity index (χ1n) is 9.12. The fraction of sp³-hybridized carbons (Fsp3) is 0.263. The summed E-state index contributed by atoms with van der Waals surface area (Å²) in [7, 11) is 0. The lowest BCUT2D eigenvalue weighted by atomic mass is 10.1. The van der Waals surface area contributed by atoms with Gasteiger partial charge in [0.05, 0.1) is 13.2 Å². The van der Waals surface area contributed by atoms with Crippen molar-refractivity contribution < 1.29 is 28.6 Å². The minimum Gasteiger partial charge on any atom is -0.503 e. The van der Waals surface area contributed by atoms with Gasteiger partial charge in [-0.15, -0.1) is 0 Å². The summed E-state index contributed by atoms with van der Waals surface area (Å²) in [6, 6.07) is 4.60. The highest BCUT2D eigenvalue weighted by Crippen LogP contribution is 2.26. The molecule has 2 aliphatic heterocycles. The third kappa shape index (κ3) is 3.39. The molecule has 3 N–H and O–H groups in total. The molecule has 0 aliphatic carbocycles.